The predicted molar refractivity (Wildman–Crippen MR) is 207 cm³/mol. The summed E-state index contributed by atoms with van der Waals surface area (Å²) in [7, 11) is -2.25. The van der Waals surface area contributed by atoms with Crippen LogP contribution in [0, 0.1) is 19.8 Å². The number of benzene rings is 2. The predicted octanol–water partition coefficient (Wildman–Crippen LogP) is 6.75. The number of nitrogens with one attached hydrogen (secondary N) is 2. The monoisotopic (exact) mass is 755 g/mol. The van der Waals surface area contributed by atoms with Crippen LogP contribution in [0.5, 0.6) is 5.88 Å². The van der Waals surface area contributed by atoms with E-state index in [1.165, 1.54) is 18.2 Å². The van der Waals surface area contributed by atoms with Crippen LogP contribution in [0.3, 0.4) is 0 Å². The molecule has 1 saturated heterocycles. The smallest absolute Gasteiger partial charge is 0.335 e. The molecule has 1 fully saturated rings. The van der Waals surface area contributed by atoms with Crippen molar-refractivity contribution in [1.29, 1.82) is 0 Å². The van der Waals surface area contributed by atoms with Crippen LogP contribution in [0.4, 0.5) is 5.95 Å². The quantitative estimate of drug-likeness (QED) is 0.130. The van der Waals surface area contributed by atoms with Crippen LogP contribution < -0.4 is 14.8 Å². The Balaban J connectivity index is 1.33. The van der Waals surface area contributed by atoms with Crippen LogP contribution in [0.15, 0.2) is 65.7 Å². The van der Waals surface area contributed by atoms with Crippen molar-refractivity contribution >= 4 is 33.1 Å². The Morgan fingerprint density at radius 3 is 2.48 bits per heavy atom. The summed E-state index contributed by atoms with van der Waals surface area (Å²) in [5, 5.41) is 13.2. The average molecular weight is 756 g/mol. The summed E-state index contributed by atoms with van der Waals surface area (Å²) in [6, 6.07) is 14.3. The third kappa shape index (κ3) is 8.56. The Morgan fingerprint density at radius 2 is 1.80 bits per heavy atom. The van der Waals surface area contributed by atoms with Crippen LogP contribution >= 0.6 is 0 Å². The minimum absolute atomic E-state index is 0.0675. The number of hydrogen-bond donors (Lipinski definition) is 3. The molecule has 286 valence electrons. The first kappa shape index (κ1) is 38.8. The van der Waals surface area contributed by atoms with Gasteiger partial charge in [0.1, 0.15) is 12.1 Å². The molecule has 5 aromatic rings. The second-order valence-electron chi connectivity index (χ2n) is 15.4. The summed E-state index contributed by atoms with van der Waals surface area (Å²) >= 11 is 0. The van der Waals surface area contributed by atoms with Crippen molar-refractivity contribution in [3.05, 3.63) is 88.9 Å². The summed E-state index contributed by atoms with van der Waals surface area (Å²) < 4.78 is 44.5. The Hall–Kier alpha value is -4.92. The van der Waals surface area contributed by atoms with Gasteiger partial charge < -0.3 is 24.5 Å². The van der Waals surface area contributed by atoms with Gasteiger partial charge in [0, 0.05) is 36.4 Å². The molecule has 1 aliphatic rings. The number of carboxylic acid groups (broad SMARTS) is 1. The Labute approximate surface area is 316 Å². The molecule has 3 aromatic heterocycles. The number of aromatic carboxylic acids is 1. The largest absolute Gasteiger partial charge is 0.478 e. The van der Waals surface area contributed by atoms with Crippen molar-refractivity contribution in [2.45, 2.75) is 89.8 Å². The van der Waals surface area contributed by atoms with Crippen LogP contribution in [0.1, 0.15) is 86.4 Å². The summed E-state index contributed by atoms with van der Waals surface area (Å²) in [6.45, 7) is 15.4. The maximum atomic E-state index is 13.5. The molecule has 54 heavy (non-hydrogen) atoms. The zero-order chi connectivity index (χ0) is 38.9. The maximum Gasteiger partial charge on any atom is 0.335 e. The number of rotatable bonds is 11. The van der Waals surface area contributed by atoms with E-state index < -0.39 is 16.0 Å². The molecule has 0 saturated carbocycles. The van der Waals surface area contributed by atoms with E-state index in [4.69, 9.17) is 19.4 Å². The lowest BCUT2D eigenvalue weighted by Gasteiger charge is -2.28. The number of nitrogens with zero attached hydrogens (tertiary/aromatic N) is 5. The number of sulfonamides is 1. The lowest BCUT2D eigenvalue weighted by atomic mass is 9.92. The van der Waals surface area contributed by atoms with E-state index in [1.807, 2.05) is 45.3 Å². The number of carboxylic acids is 1. The van der Waals surface area contributed by atoms with E-state index in [0.717, 1.165) is 51.7 Å². The summed E-state index contributed by atoms with van der Waals surface area (Å²) in [5.74, 6) is -0.951. The van der Waals surface area contributed by atoms with Crippen molar-refractivity contribution in [2.24, 2.45) is 13.0 Å². The number of fused-ring (bicyclic) bond motifs is 1. The lowest BCUT2D eigenvalue weighted by molar-refractivity contribution is 0.0170. The van der Waals surface area contributed by atoms with Gasteiger partial charge in [-0.25, -0.2) is 27.9 Å². The van der Waals surface area contributed by atoms with Gasteiger partial charge in [-0.1, -0.05) is 58.9 Å². The first-order valence-electron chi connectivity index (χ1n) is 18.2. The summed E-state index contributed by atoms with van der Waals surface area (Å²) in [6.07, 6.45) is 3.11. The molecule has 0 amide bonds. The molecule has 4 heterocycles. The molecule has 0 bridgehead atoms. The van der Waals surface area contributed by atoms with Gasteiger partial charge in [-0.05, 0) is 68.0 Å². The number of aromatic nitrogens is 5. The Bertz CT molecular complexity index is 2260. The Kier molecular flexibility index (Phi) is 11.1. The van der Waals surface area contributed by atoms with Crippen molar-refractivity contribution in [1.82, 2.24) is 29.8 Å². The molecule has 13 nitrogen and oxygen atoms in total. The van der Waals surface area contributed by atoms with E-state index in [-0.39, 0.29) is 52.5 Å². The minimum Gasteiger partial charge on any atom is -0.478 e. The summed E-state index contributed by atoms with van der Waals surface area (Å²) in [4.78, 5) is 30.3. The number of anilines is 1. The molecule has 3 atom stereocenters. The van der Waals surface area contributed by atoms with Crippen molar-refractivity contribution in [2.75, 3.05) is 17.9 Å². The molecule has 0 unspecified atom stereocenters. The van der Waals surface area contributed by atoms with Gasteiger partial charge in [0.05, 0.1) is 46.2 Å². The van der Waals surface area contributed by atoms with E-state index in [0.29, 0.717) is 24.6 Å². The average Bonchev–Trinajstić information content (AvgIpc) is 3.31. The Morgan fingerprint density at radius 1 is 1.07 bits per heavy atom. The van der Waals surface area contributed by atoms with Crippen LogP contribution in [0.2, 0.25) is 0 Å². The van der Waals surface area contributed by atoms with E-state index >= 15 is 0 Å². The highest BCUT2D eigenvalue weighted by Crippen LogP contribution is 2.32. The number of carbonyl (C=O) groups is 1. The number of hydrogen-bond acceptors (Lipinski definition) is 10. The van der Waals surface area contributed by atoms with Crippen molar-refractivity contribution in [3.8, 4) is 17.1 Å². The number of aryl methyl sites for hydroxylation is 3. The topological polar surface area (TPSA) is 170 Å². The fourth-order valence-electron chi connectivity index (χ4n) is 7.01. The van der Waals surface area contributed by atoms with Gasteiger partial charge in [-0.15, -0.1) is 0 Å². The van der Waals surface area contributed by atoms with Gasteiger partial charge in [0.2, 0.25) is 11.8 Å². The van der Waals surface area contributed by atoms with E-state index in [9.17, 15) is 18.3 Å². The first-order valence-corrected chi connectivity index (χ1v) is 19.6. The normalized spacial score (nSPS) is 18.1. The third-order valence-electron chi connectivity index (χ3n) is 9.65. The second-order valence-corrected chi connectivity index (χ2v) is 17.1. The molecule has 0 aliphatic carbocycles. The molecule has 3 N–H and O–H groups in total. The van der Waals surface area contributed by atoms with Gasteiger partial charge in [-0.3, -0.25) is 4.98 Å². The molecule has 0 radical (unpaired) electrons. The van der Waals surface area contributed by atoms with Crippen LogP contribution in [0.25, 0.3) is 22.4 Å². The van der Waals surface area contributed by atoms with Gasteiger partial charge in [0.25, 0.3) is 10.0 Å². The minimum atomic E-state index is -4.27. The van der Waals surface area contributed by atoms with Crippen molar-refractivity contribution in [3.63, 3.8) is 0 Å². The highest BCUT2D eigenvalue weighted by atomic mass is 32.2. The standard InChI is InChI=1S/C40H49N7O6S/c1-23(2)17-33-32(42-28(15-16-52-33)31-21-41-30-19-34(40(5,6)7)47(8)37(30)43-31)22-53-35-20-29(36-24(3)11-9-12-25(36)4)44-39(45-35)46-54(50,51)27-14-10-13-26(18-27)38(48)49/h9-14,18-21,23,28,32-33,42H,15-17,22H2,1-8H3,(H,48,49)(H,44,45,46)/t28-,32-,33-/m0/s1. The molecule has 1 aliphatic heterocycles. The van der Waals surface area contributed by atoms with Gasteiger partial charge in [-0.2, -0.15) is 4.98 Å². The first-order chi connectivity index (χ1) is 25.5. The highest BCUT2D eigenvalue weighted by Gasteiger charge is 2.32. The SMILES string of the molecule is Cc1cccc(C)c1-c1cc(OC[C@@H]2N[C@H](c3cnc4cc(C(C)(C)C)n(C)c4n3)CCO[C@H]2CC(C)C)nc(NS(=O)(=O)c2cccc(C(=O)O)c2)n1. The van der Waals surface area contributed by atoms with Crippen molar-refractivity contribution < 1.29 is 27.8 Å². The lowest BCUT2D eigenvalue weighted by Crippen LogP contribution is -2.45. The zero-order valence-electron chi connectivity index (χ0n) is 32.0. The van der Waals surface area contributed by atoms with E-state index in [1.54, 1.807) is 6.07 Å². The summed E-state index contributed by atoms with van der Waals surface area (Å²) in [5.41, 5.74) is 6.55. The molecule has 2 aromatic carbocycles. The van der Waals surface area contributed by atoms with Gasteiger partial charge >= 0.3 is 5.97 Å². The van der Waals surface area contributed by atoms with E-state index in [2.05, 4.69) is 65.3 Å². The fourth-order valence-corrected chi connectivity index (χ4v) is 8.00. The molecular formula is C40H49N7O6S. The molecular weight excluding hydrogens is 707 g/mol. The number of ether oxygens (including phenoxy) is 2. The zero-order valence-corrected chi connectivity index (χ0v) is 32.9. The molecule has 14 heteroatoms. The van der Waals surface area contributed by atoms with Gasteiger partial charge in [0.15, 0.2) is 5.65 Å². The molecule has 6 rings (SSSR count). The fraction of sp³-hybridized carbons (Fsp3) is 0.425. The van der Waals surface area contributed by atoms with Crippen LogP contribution in [-0.2, 0) is 27.2 Å². The molecule has 0 spiro atoms. The van der Waals surface area contributed by atoms with Crippen LogP contribution in [-0.4, -0.2) is 69.4 Å². The maximum absolute atomic E-state index is 13.5. The highest BCUT2D eigenvalue weighted by molar-refractivity contribution is 7.92. The third-order valence-corrected chi connectivity index (χ3v) is 11.0. The second kappa shape index (κ2) is 15.4.